The Hall–Kier alpha value is -2.02. The maximum absolute atomic E-state index is 10.9. The number of hydrogen-bond acceptors (Lipinski definition) is 5. The zero-order valence-corrected chi connectivity index (χ0v) is 10.1. The Balaban J connectivity index is 2.70. The van der Waals surface area contributed by atoms with Crippen molar-refractivity contribution in [2.45, 2.75) is 0 Å². The van der Waals surface area contributed by atoms with Crippen molar-refractivity contribution in [2.24, 2.45) is 0 Å². The van der Waals surface area contributed by atoms with E-state index in [-0.39, 0.29) is 17.3 Å². The molecule has 2 N–H and O–H groups in total. The van der Waals surface area contributed by atoms with Crippen molar-refractivity contribution in [1.82, 2.24) is 9.97 Å². The fourth-order valence-corrected chi connectivity index (χ4v) is 1.85. The fraction of sp³-hybridized carbons (Fsp3) is 0. The SMILES string of the molecule is Nc1ncc([N+](=O)[O-])c(-c2ccccc2Br)n1. The van der Waals surface area contributed by atoms with Gasteiger partial charge in [0.1, 0.15) is 6.20 Å². The van der Waals surface area contributed by atoms with E-state index in [4.69, 9.17) is 5.73 Å². The standard InChI is InChI=1S/C10H7BrN4O2/c11-7-4-2-1-3-6(7)9-8(15(16)17)5-13-10(12)14-9/h1-5H,(H2,12,13,14). The number of hydrogen-bond donors (Lipinski definition) is 1. The molecule has 2 aromatic rings. The van der Waals surface area contributed by atoms with Crippen LogP contribution < -0.4 is 5.73 Å². The van der Waals surface area contributed by atoms with Gasteiger partial charge in [-0.2, -0.15) is 0 Å². The van der Waals surface area contributed by atoms with Gasteiger partial charge in [0.15, 0.2) is 5.69 Å². The summed E-state index contributed by atoms with van der Waals surface area (Å²) in [7, 11) is 0. The van der Waals surface area contributed by atoms with Crippen molar-refractivity contribution < 1.29 is 4.92 Å². The average molecular weight is 295 g/mol. The first-order valence-electron chi connectivity index (χ1n) is 4.61. The number of nitro groups is 1. The van der Waals surface area contributed by atoms with Crippen molar-refractivity contribution in [3.63, 3.8) is 0 Å². The number of halogens is 1. The number of aromatic nitrogens is 2. The summed E-state index contributed by atoms with van der Waals surface area (Å²) in [5.74, 6) is 0.00125. The number of rotatable bonds is 2. The highest BCUT2D eigenvalue weighted by Gasteiger charge is 2.19. The molecule has 0 atom stereocenters. The predicted octanol–water partition coefficient (Wildman–Crippen LogP) is 2.40. The summed E-state index contributed by atoms with van der Waals surface area (Å²) in [6, 6.07) is 7.07. The minimum Gasteiger partial charge on any atom is -0.368 e. The third kappa shape index (κ3) is 2.23. The summed E-state index contributed by atoms with van der Waals surface area (Å²) in [5, 5.41) is 10.9. The molecule has 1 aromatic carbocycles. The van der Waals surface area contributed by atoms with Crippen LogP contribution in [0, 0.1) is 10.1 Å². The number of nitrogens with zero attached hydrogens (tertiary/aromatic N) is 3. The Morgan fingerprint density at radius 1 is 1.35 bits per heavy atom. The van der Waals surface area contributed by atoms with E-state index in [1.165, 1.54) is 0 Å². The van der Waals surface area contributed by atoms with Crippen molar-refractivity contribution >= 4 is 27.6 Å². The zero-order valence-electron chi connectivity index (χ0n) is 8.50. The number of benzene rings is 1. The first-order chi connectivity index (χ1) is 8.09. The lowest BCUT2D eigenvalue weighted by Gasteiger charge is -2.04. The second-order valence-electron chi connectivity index (χ2n) is 3.20. The molecule has 0 unspecified atom stereocenters. The molecule has 0 fully saturated rings. The van der Waals surface area contributed by atoms with Crippen LogP contribution in [0.3, 0.4) is 0 Å². The van der Waals surface area contributed by atoms with Crippen molar-refractivity contribution in [3.8, 4) is 11.3 Å². The molecular weight excluding hydrogens is 288 g/mol. The Labute approximate surface area is 105 Å². The minimum atomic E-state index is -0.534. The maximum Gasteiger partial charge on any atom is 0.313 e. The van der Waals surface area contributed by atoms with Crippen LogP contribution in [0.5, 0.6) is 0 Å². The van der Waals surface area contributed by atoms with Crippen LogP contribution in [0.25, 0.3) is 11.3 Å². The second kappa shape index (κ2) is 4.46. The zero-order chi connectivity index (χ0) is 12.4. The first kappa shape index (κ1) is 11.5. The number of anilines is 1. The molecule has 1 aromatic heterocycles. The van der Waals surface area contributed by atoms with Crippen LogP contribution in [0.1, 0.15) is 0 Å². The molecule has 6 nitrogen and oxygen atoms in total. The van der Waals surface area contributed by atoms with E-state index in [9.17, 15) is 10.1 Å². The van der Waals surface area contributed by atoms with Gasteiger partial charge >= 0.3 is 5.69 Å². The van der Waals surface area contributed by atoms with Gasteiger partial charge in [-0.1, -0.05) is 34.1 Å². The summed E-state index contributed by atoms with van der Waals surface area (Å²) in [5.41, 5.74) is 6.09. The summed E-state index contributed by atoms with van der Waals surface area (Å²) < 4.78 is 0.709. The van der Waals surface area contributed by atoms with Crippen LogP contribution in [0.15, 0.2) is 34.9 Å². The van der Waals surface area contributed by atoms with Crippen molar-refractivity contribution in [3.05, 3.63) is 45.0 Å². The van der Waals surface area contributed by atoms with Crippen LogP contribution in [-0.2, 0) is 0 Å². The molecule has 0 saturated carbocycles. The molecule has 0 saturated heterocycles. The molecule has 0 aliphatic carbocycles. The van der Waals surface area contributed by atoms with E-state index in [1.54, 1.807) is 18.2 Å². The topological polar surface area (TPSA) is 94.9 Å². The molecule has 17 heavy (non-hydrogen) atoms. The Morgan fingerprint density at radius 2 is 2.06 bits per heavy atom. The summed E-state index contributed by atoms with van der Waals surface area (Å²) in [4.78, 5) is 17.9. The maximum atomic E-state index is 10.9. The molecule has 0 aliphatic heterocycles. The summed E-state index contributed by atoms with van der Waals surface area (Å²) in [6.07, 6.45) is 1.11. The summed E-state index contributed by atoms with van der Waals surface area (Å²) >= 11 is 3.32. The average Bonchev–Trinajstić information content (AvgIpc) is 2.29. The van der Waals surface area contributed by atoms with Gasteiger partial charge in [-0.25, -0.2) is 9.97 Å². The Kier molecular flexibility index (Phi) is 3.01. The number of nitrogens with two attached hydrogens (primary N) is 1. The van der Waals surface area contributed by atoms with E-state index in [2.05, 4.69) is 25.9 Å². The lowest BCUT2D eigenvalue weighted by atomic mass is 10.1. The lowest BCUT2D eigenvalue weighted by Crippen LogP contribution is -2.01. The Morgan fingerprint density at radius 3 is 2.71 bits per heavy atom. The van der Waals surface area contributed by atoms with Crippen LogP contribution in [0.4, 0.5) is 11.6 Å². The predicted molar refractivity (Wildman–Crippen MR) is 66.2 cm³/mol. The van der Waals surface area contributed by atoms with E-state index < -0.39 is 4.92 Å². The summed E-state index contributed by atoms with van der Waals surface area (Å²) in [6.45, 7) is 0. The van der Waals surface area contributed by atoms with Gasteiger partial charge in [0.05, 0.1) is 4.92 Å². The molecule has 7 heteroatoms. The molecule has 0 bridgehead atoms. The molecular formula is C10H7BrN4O2. The third-order valence-corrected chi connectivity index (χ3v) is 2.81. The molecule has 1 heterocycles. The molecule has 0 spiro atoms. The van der Waals surface area contributed by atoms with E-state index in [0.29, 0.717) is 10.0 Å². The van der Waals surface area contributed by atoms with Crippen LogP contribution in [-0.4, -0.2) is 14.9 Å². The highest BCUT2D eigenvalue weighted by atomic mass is 79.9. The van der Waals surface area contributed by atoms with Crippen LogP contribution >= 0.6 is 15.9 Å². The van der Waals surface area contributed by atoms with Gasteiger partial charge in [-0.15, -0.1) is 0 Å². The lowest BCUT2D eigenvalue weighted by molar-refractivity contribution is -0.384. The van der Waals surface area contributed by atoms with Crippen molar-refractivity contribution in [2.75, 3.05) is 5.73 Å². The monoisotopic (exact) mass is 294 g/mol. The van der Waals surface area contributed by atoms with E-state index in [0.717, 1.165) is 6.20 Å². The van der Waals surface area contributed by atoms with Gasteiger partial charge < -0.3 is 5.73 Å². The highest BCUT2D eigenvalue weighted by molar-refractivity contribution is 9.10. The van der Waals surface area contributed by atoms with E-state index >= 15 is 0 Å². The highest BCUT2D eigenvalue weighted by Crippen LogP contribution is 2.32. The number of nitrogen functional groups attached to an aromatic ring is 1. The van der Waals surface area contributed by atoms with Gasteiger partial charge in [0.25, 0.3) is 0 Å². The van der Waals surface area contributed by atoms with Gasteiger partial charge in [-0.05, 0) is 6.07 Å². The quantitative estimate of drug-likeness (QED) is 0.678. The molecule has 2 rings (SSSR count). The Bertz CT molecular complexity index is 588. The van der Waals surface area contributed by atoms with Gasteiger partial charge in [0, 0.05) is 10.0 Å². The van der Waals surface area contributed by atoms with Gasteiger partial charge in [-0.3, -0.25) is 10.1 Å². The first-order valence-corrected chi connectivity index (χ1v) is 5.40. The van der Waals surface area contributed by atoms with Crippen LogP contribution in [0.2, 0.25) is 0 Å². The molecule has 0 radical (unpaired) electrons. The molecule has 0 aliphatic rings. The fourth-order valence-electron chi connectivity index (χ4n) is 1.37. The normalized spacial score (nSPS) is 10.2. The second-order valence-corrected chi connectivity index (χ2v) is 4.05. The largest absolute Gasteiger partial charge is 0.368 e. The third-order valence-electron chi connectivity index (χ3n) is 2.11. The van der Waals surface area contributed by atoms with Crippen molar-refractivity contribution in [1.29, 1.82) is 0 Å². The minimum absolute atomic E-state index is 0.00125. The van der Waals surface area contributed by atoms with Gasteiger partial charge in [0.2, 0.25) is 5.95 Å². The molecule has 86 valence electrons. The molecule has 0 amide bonds. The van der Waals surface area contributed by atoms with E-state index in [1.807, 2.05) is 6.07 Å². The smallest absolute Gasteiger partial charge is 0.313 e.